The highest BCUT2D eigenvalue weighted by atomic mass is 19.1. The molecular formula is C22H20FNO2. The number of hydrogen-bond acceptors (Lipinski definition) is 3. The maximum atomic E-state index is 13.7. The summed E-state index contributed by atoms with van der Waals surface area (Å²) in [6.45, 7) is 0.169. The van der Waals surface area contributed by atoms with E-state index in [2.05, 4.69) is 0 Å². The van der Waals surface area contributed by atoms with Crippen molar-refractivity contribution in [1.29, 1.82) is 0 Å². The lowest BCUT2D eigenvalue weighted by Gasteiger charge is -2.15. The molecule has 0 unspecified atom stereocenters. The summed E-state index contributed by atoms with van der Waals surface area (Å²) in [6, 6.07) is 22.7. The van der Waals surface area contributed by atoms with Crippen molar-refractivity contribution in [3.8, 4) is 11.1 Å². The Morgan fingerprint density at radius 2 is 1.62 bits per heavy atom. The second kappa shape index (κ2) is 8.41. The van der Waals surface area contributed by atoms with Crippen LogP contribution < -0.4 is 5.73 Å². The molecule has 3 nitrogen and oxygen atoms in total. The van der Waals surface area contributed by atoms with Crippen molar-refractivity contribution in [2.24, 2.45) is 5.73 Å². The number of rotatable bonds is 6. The van der Waals surface area contributed by atoms with Crippen molar-refractivity contribution >= 4 is 5.97 Å². The lowest BCUT2D eigenvalue weighted by atomic mass is 9.95. The third kappa shape index (κ3) is 4.55. The Labute approximate surface area is 152 Å². The van der Waals surface area contributed by atoms with Crippen molar-refractivity contribution in [2.75, 3.05) is 0 Å². The van der Waals surface area contributed by atoms with Crippen LogP contribution in [0.1, 0.15) is 11.1 Å². The number of hydrogen-bond donors (Lipinski definition) is 1. The van der Waals surface area contributed by atoms with Gasteiger partial charge in [-0.05, 0) is 40.8 Å². The fourth-order valence-electron chi connectivity index (χ4n) is 2.79. The van der Waals surface area contributed by atoms with E-state index < -0.39 is 12.0 Å². The first-order valence-corrected chi connectivity index (χ1v) is 8.43. The molecule has 0 amide bonds. The number of carbonyl (C=O) groups is 1. The van der Waals surface area contributed by atoms with Crippen LogP contribution >= 0.6 is 0 Å². The van der Waals surface area contributed by atoms with Crippen LogP contribution in [-0.4, -0.2) is 12.0 Å². The van der Waals surface area contributed by atoms with Crippen LogP contribution in [0.2, 0.25) is 0 Å². The molecular weight excluding hydrogens is 329 g/mol. The van der Waals surface area contributed by atoms with Crippen LogP contribution in [0.4, 0.5) is 4.39 Å². The smallest absolute Gasteiger partial charge is 0.323 e. The van der Waals surface area contributed by atoms with Gasteiger partial charge in [-0.1, -0.05) is 66.7 Å². The van der Waals surface area contributed by atoms with E-state index in [4.69, 9.17) is 10.5 Å². The molecule has 132 valence electrons. The Morgan fingerprint density at radius 3 is 2.31 bits per heavy atom. The summed E-state index contributed by atoms with van der Waals surface area (Å²) in [5, 5.41) is 0. The predicted molar refractivity (Wildman–Crippen MR) is 99.8 cm³/mol. The molecule has 0 spiro atoms. The van der Waals surface area contributed by atoms with Crippen molar-refractivity contribution < 1.29 is 13.9 Å². The molecule has 0 aliphatic rings. The Hall–Kier alpha value is -2.98. The molecule has 3 aromatic rings. The van der Waals surface area contributed by atoms with E-state index in [1.807, 2.05) is 60.7 Å². The molecule has 3 aromatic carbocycles. The van der Waals surface area contributed by atoms with E-state index in [0.717, 1.165) is 16.7 Å². The normalized spacial score (nSPS) is 11.8. The van der Waals surface area contributed by atoms with Crippen molar-refractivity contribution in [3.05, 3.63) is 95.8 Å². The minimum Gasteiger partial charge on any atom is -0.460 e. The van der Waals surface area contributed by atoms with Gasteiger partial charge in [0.25, 0.3) is 0 Å². The van der Waals surface area contributed by atoms with Crippen LogP contribution in [0.15, 0.2) is 78.9 Å². The second-order valence-electron chi connectivity index (χ2n) is 6.07. The highest BCUT2D eigenvalue weighted by Crippen LogP contribution is 2.25. The molecule has 3 rings (SSSR count). The van der Waals surface area contributed by atoms with E-state index in [0.29, 0.717) is 5.56 Å². The van der Waals surface area contributed by atoms with Crippen LogP contribution in [0.25, 0.3) is 11.1 Å². The maximum absolute atomic E-state index is 13.7. The minimum absolute atomic E-state index is 0.169. The lowest BCUT2D eigenvalue weighted by Crippen LogP contribution is -2.34. The molecule has 2 N–H and O–H groups in total. The average molecular weight is 349 g/mol. The fourth-order valence-corrected chi connectivity index (χ4v) is 2.79. The summed E-state index contributed by atoms with van der Waals surface area (Å²) < 4.78 is 19.0. The van der Waals surface area contributed by atoms with Gasteiger partial charge in [0.05, 0.1) is 0 Å². The van der Waals surface area contributed by atoms with Gasteiger partial charge in [-0.3, -0.25) is 4.79 Å². The third-order valence-corrected chi connectivity index (χ3v) is 4.12. The van der Waals surface area contributed by atoms with Gasteiger partial charge < -0.3 is 10.5 Å². The maximum Gasteiger partial charge on any atom is 0.323 e. The summed E-state index contributed by atoms with van der Waals surface area (Å²) in [7, 11) is 0. The Morgan fingerprint density at radius 1 is 0.962 bits per heavy atom. The highest BCUT2D eigenvalue weighted by molar-refractivity contribution is 5.77. The van der Waals surface area contributed by atoms with E-state index in [1.165, 1.54) is 12.1 Å². The molecule has 0 radical (unpaired) electrons. The predicted octanol–water partition coefficient (Wildman–Crippen LogP) is 4.11. The monoisotopic (exact) mass is 349 g/mol. The SMILES string of the molecule is N[C@@H](Cc1cc(F)ccc1-c1ccccc1)C(=O)OCc1ccccc1. The van der Waals surface area contributed by atoms with Gasteiger partial charge in [0.15, 0.2) is 0 Å². The molecule has 0 saturated heterocycles. The molecule has 4 heteroatoms. The number of ether oxygens (including phenoxy) is 1. The van der Waals surface area contributed by atoms with E-state index in [1.54, 1.807) is 6.07 Å². The van der Waals surface area contributed by atoms with Gasteiger partial charge in [-0.2, -0.15) is 0 Å². The molecule has 26 heavy (non-hydrogen) atoms. The molecule has 0 aromatic heterocycles. The standard InChI is InChI=1S/C22H20FNO2/c23-19-11-12-20(17-9-5-2-6-10-17)18(13-19)14-21(24)22(25)26-15-16-7-3-1-4-8-16/h1-13,21H,14-15,24H2/t21-/m0/s1. The topological polar surface area (TPSA) is 52.3 Å². The molecule has 0 fully saturated rings. The van der Waals surface area contributed by atoms with Gasteiger partial charge in [0, 0.05) is 0 Å². The first-order valence-electron chi connectivity index (χ1n) is 8.43. The summed E-state index contributed by atoms with van der Waals surface area (Å²) in [5.41, 5.74) is 9.40. The summed E-state index contributed by atoms with van der Waals surface area (Å²) >= 11 is 0. The van der Waals surface area contributed by atoms with E-state index in [-0.39, 0.29) is 18.8 Å². The lowest BCUT2D eigenvalue weighted by molar-refractivity contribution is -0.146. The number of nitrogens with two attached hydrogens (primary N) is 1. The van der Waals surface area contributed by atoms with Gasteiger partial charge in [0.2, 0.25) is 0 Å². The first kappa shape index (κ1) is 17.8. The van der Waals surface area contributed by atoms with Crippen molar-refractivity contribution in [3.63, 3.8) is 0 Å². The largest absolute Gasteiger partial charge is 0.460 e. The fraction of sp³-hybridized carbons (Fsp3) is 0.136. The van der Waals surface area contributed by atoms with E-state index in [9.17, 15) is 9.18 Å². The Kier molecular flexibility index (Phi) is 5.77. The first-order chi connectivity index (χ1) is 12.6. The second-order valence-corrected chi connectivity index (χ2v) is 6.07. The molecule has 1 atom stereocenters. The average Bonchev–Trinajstić information content (AvgIpc) is 2.67. The van der Waals surface area contributed by atoms with Crippen LogP contribution in [0, 0.1) is 5.82 Å². The Balaban J connectivity index is 1.71. The molecule has 0 bridgehead atoms. The Bertz CT molecular complexity index is 866. The van der Waals surface area contributed by atoms with E-state index >= 15 is 0 Å². The summed E-state index contributed by atoms with van der Waals surface area (Å²) in [5.74, 6) is -0.860. The number of halogens is 1. The highest BCUT2D eigenvalue weighted by Gasteiger charge is 2.18. The molecule has 0 saturated carbocycles. The van der Waals surface area contributed by atoms with Crippen molar-refractivity contribution in [2.45, 2.75) is 19.1 Å². The zero-order valence-electron chi connectivity index (χ0n) is 14.3. The molecule has 0 heterocycles. The van der Waals surface area contributed by atoms with Gasteiger partial charge in [0.1, 0.15) is 18.5 Å². The quantitative estimate of drug-likeness (QED) is 0.682. The third-order valence-electron chi connectivity index (χ3n) is 4.12. The van der Waals surface area contributed by atoms with Crippen LogP contribution in [0.5, 0.6) is 0 Å². The van der Waals surface area contributed by atoms with Gasteiger partial charge in [-0.25, -0.2) is 4.39 Å². The number of esters is 1. The summed E-state index contributed by atoms with van der Waals surface area (Å²) in [4.78, 5) is 12.2. The number of carbonyl (C=O) groups excluding carboxylic acids is 1. The van der Waals surface area contributed by atoms with Gasteiger partial charge in [-0.15, -0.1) is 0 Å². The van der Waals surface area contributed by atoms with Gasteiger partial charge >= 0.3 is 5.97 Å². The minimum atomic E-state index is -0.858. The summed E-state index contributed by atoms with van der Waals surface area (Å²) in [6.07, 6.45) is 0.204. The number of benzene rings is 3. The molecule has 0 aliphatic carbocycles. The van der Waals surface area contributed by atoms with Crippen LogP contribution in [0.3, 0.4) is 0 Å². The zero-order valence-corrected chi connectivity index (χ0v) is 14.3. The van der Waals surface area contributed by atoms with Crippen LogP contribution in [-0.2, 0) is 22.6 Å². The zero-order chi connectivity index (χ0) is 18.4. The van der Waals surface area contributed by atoms with Crippen molar-refractivity contribution in [1.82, 2.24) is 0 Å². The molecule has 0 aliphatic heterocycles.